The quantitative estimate of drug-likeness (QED) is 0.745. The van der Waals surface area contributed by atoms with E-state index in [2.05, 4.69) is 22.2 Å². The highest BCUT2D eigenvalue weighted by molar-refractivity contribution is 5.78. The Kier molecular flexibility index (Phi) is 2.48. The summed E-state index contributed by atoms with van der Waals surface area (Å²) in [6, 6.07) is 14.0. The summed E-state index contributed by atoms with van der Waals surface area (Å²) in [4.78, 5) is 4.60. The molecule has 4 nitrogen and oxygen atoms in total. The van der Waals surface area contributed by atoms with Crippen LogP contribution in [0.5, 0.6) is 0 Å². The number of aryl methyl sites for hydroxylation is 1. The van der Waals surface area contributed by atoms with Crippen molar-refractivity contribution in [2.45, 2.75) is 13.5 Å². The zero-order chi connectivity index (χ0) is 12.5. The molecule has 0 radical (unpaired) electrons. The molecule has 0 fully saturated rings. The molecule has 2 N–H and O–H groups in total. The summed E-state index contributed by atoms with van der Waals surface area (Å²) in [6.07, 6.45) is 0. The standard InChI is InChI=1S/C14H14N4/c1-10-8-14(15)18(17-10)9-12-7-6-11-4-2-3-5-13(11)16-12/h2-8H,9,15H2,1H3. The van der Waals surface area contributed by atoms with Gasteiger partial charge in [0.25, 0.3) is 0 Å². The molecular formula is C14H14N4. The van der Waals surface area contributed by atoms with Gasteiger partial charge in [-0.05, 0) is 19.1 Å². The van der Waals surface area contributed by atoms with Gasteiger partial charge in [-0.2, -0.15) is 5.10 Å². The monoisotopic (exact) mass is 238 g/mol. The molecule has 0 aliphatic heterocycles. The van der Waals surface area contributed by atoms with E-state index in [-0.39, 0.29) is 0 Å². The van der Waals surface area contributed by atoms with Gasteiger partial charge in [-0.15, -0.1) is 0 Å². The highest BCUT2D eigenvalue weighted by Gasteiger charge is 2.04. The number of rotatable bonds is 2. The third-order valence-electron chi connectivity index (χ3n) is 2.90. The van der Waals surface area contributed by atoms with Crippen molar-refractivity contribution in [3.63, 3.8) is 0 Å². The molecule has 2 aromatic heterocycles. The summed E-state index contributed by atoms with van der Waals surface area (Å²) in [5, 5.41) is 5.48. The molecule has 3 rings (SSSR count). The summed E-state index contributed by atoms with van der Waals surface area (Å²) in [5.74, 6) is 0.669. The van der Waals surface area contributed by atoms with E-state index < -0.39 is 0 Å². The van der Waals surface area contributed by atoms with Gasteiger partial charge in [0.15, 0.2) is 0 Å². The Morgan fingerprint density at radius 1 is 1.17 bits per heavy atom. The Hall–Kier alpha value is -2.36. The normalized spacial score (nSPS) is 10.9. The summed E-state index contributed by atoms with van der Waals surface area (Å²) >= 11 is 0. The summed E-state index contributed by atoms with van der Waals surface area (Å²) < 4.78 is 1.77. The van der Waals surface area contributed by atoms with Crippen LogP contribution in [0.15, 0.2) is 42.5 Å². The smallest absolute Gasteiger partial charge is 0.122 e. The molecule has 0 aliphatic carbocycles. The molecule has 4 heteroatoms. The Morgan fingerprint density at radius 3 is 2.78 bits per heavy atom. The van der Waals surface area contributed by atoms with Crippen molar-refractivity contribution in [1.29, 1.82) is 0 Å². The van der Waals surface area contributed by atoms with Crippen LogP contribution < -0.4 is 5.73 Å². The van der Waals surface area contributed by atoms with Crippen molar-refractivity contribution in [1.82, 2.24) is 14.8 Å². The fourth-order valence-corrected chi connectivity index (χ4v) is 2.04. The Balaban J connectivity index is 1.97. The van der Waals surface area contributed by atoms with Gasteiger partial charge in [0.1, 0.15) is 5.82 Å². The molecule has 18 heavy (non-hydrogen) atoms. The molecular weight excluding hydrogens is 224 g/mol. The molecule has 0 aliphatic rings. The van der Waals surface area contributed by atoms with Crippen LogP contribution in [0.25, 0.3) is 10.9 Å². The lowest BCUT2D eigenvalue weighted by Crippen LogP contribution is -2.07. The SMILES string of the molecule is Cc1cc(N)n(Cc2ccc3ccccc3n2)n1. The number of hydrogen-bond donors (Lipinski definition) is 1. The van der Waals surface area contributed by atoms with E-state index in [9.17, 15) is 0 Å². The van der Waals surface area contributed by atoms with Crippen LogP contribution in [0.2, 0.25) is 0 Å². The van der Waals surface area contributed by atoms with Gasteiger partial charge in [0.05, 0.1) is 23.4 Å². The molecule has 90 valence electrons. The molecule has 0 atom stereocenters. The third-order valence-corrected chi connectivity index (χ3v) is 2.90. The van der Waals surface area contributed by atoms with Crippen LogP contribution >= 0.6 is 0 Å². The molecule has 2 heterocycles. The minimum atomic E-state index is 0.602. The van der Waals surface area contributed by atoms with Crippen LogP contribution in [-0.4, -0.2) is 14.8 Å². The molecule has 0 amide bonds. The summed E-state index contributed by atoms with van der Waals surface area (Å²) in [6.45, 7) is 2.53. The van der Waals surface area contributed by atoms with Crippen molar-refractivity contribution in [2.24, 2.45) is 0 Å². The number of fused-ring (bicyclic) bond motifs is 1. The number of para-hydroxylation sites is 1. The maximum atomic E-state index is 5.87. The second kappa shape index (κ2) is 4.14. The fraction of sp³-hybridized carbons (Fsp3) is 0.143. The van der Waals surface area contributed by atoms with E-state index in [1.54, 1.807) is 4.68 Å². The average molecular weight is 238 g/mol. The highest BCUT2D eigenvalue weighted by atomic mass is 15.3. The molecule has 0 unspecified atom stereocenters. The van der Waals surface area contributed by atoms with E-state index in [1.165, 1.54) is 0 Å². The lowest BCUT2D eigenvalue weighted by Gasteiger charge is -2.05. The van der Waals surface area contributed by atoms with Crippen molar-refractivity contribution < 1.29 is 0 Å². The number of benzene rings is 1. The number of nitrogen functional groups attached to an aromatic ring is 1. The summed E-state index contributed by atoms with van der Waals surface area (Å²) in [7, 11) is 0. The van der Waals surface area contributed by atoms with Crippen molar-refractivity contribution >= 4 is 16.7 Å². The van der Waals surface area contributed by atoms with Crippen molar-refractivity contribution in [3.8, 4) is 0 Å². The van der Waals surface area contributed by atoms with E-state index in [0.29, 0.717) is 12.4 Å². The van der Waals surface area contributed by atoms with Gasteiger partial charge in [-0.1, -0.05) is 24.3 Å². The minimum absolute atomic E-state index is 0.602. The average Bonchev–Trinajstić information content (AvgIpc) is 2.68. The Bertz CT molecular complexity index is 700. The molecule has 3 aromatic rings. The maximum Gasteiger partial charge on any atom is 0.122 e. The summed E-state index contributed by atoms with van der Waals surface area (Å²) in [5.41, 5.74) is 8.76. The maximum absolute atomic E-state index is 5.87. The van der Waals surface area contributed by atoms with Gasteiger partial charge in [0, 0.05) is 11.5 Å². The molecule has 0 saturated carbocycles. The zero-order valence-corrected chi connectivity index (χ0v) is 10.2. The van der Waals surface area contributed by atoms with Crippen LogP contribution in [0.3, 0.4) is 0 Å². The van der Waals surface area contributed by atoms with Gasteiger partial charge < -0.3 is 5.73 Å². The Morgan fingerprint density at radius 2 is 2.00 bits per heavy atom. The first-order valence-corrected chi connectivity index (χ1v) is 5.87. The van der Waals surface area contributed by atoms with Crippen molar-refractivity contribution in [3.05, 3.63) is 53.9 Å². The van der Waals surface area contributed by atoms with Gasteiger partial charge in [-0.3, -0.25) is 4.98 Å². The van der Waals surface area contributed by atoms with Gasteiger partial charge >= 0.3 is 0 Å². The van der Waals surface area contributed by atoms with E-state index in [0.717, 1.165) is 22.3 Å². The number of hydrogen-bond acceptors (Lipinski definition) is 3. The molecule has 1 aromatic carbocycles. The number of aromatic nitrogens is 3. The van der Waals surface area contributed by atoms with Crippen LogP contribution in [-0.2, 0) is 6.54 Å². The first-order chi connectivity index (χ1) is 8.72. The lowest BCUT2D eigenvalue weighted by atomic mass is 10.2. The molecule has 0 bridgehead atoms. The van der Waals surface area contributed by atoms with E-state index in [4.69, 9.17) is 5.73 Å². The predicted molar refractivity (Wildman–Crippen MR) is 72.2 cm³/mol. The van der Waals surface area contributed by atoms with Gasteiger partial charge in [-0.25, -0.2) is 4.68 Å². The second-order valence-electron chi connectivity index (χ2n) is 4.36. The number of nitrogens with two attached hydrogens (primary N) is 1. The number of nitrogens with zero attached hydrogens (tertiary/aromatic N) is 3. The third kappa shape index (κ3) is 1.93. The first kappa shape index (κ1) is 10.8. The zero-order valence-electron chi connectivity index (χ0n) is 10.2. The van der Waals surface area contributed by atoms with Gasteiger partial charge in [0.2, 0.25) is 0 Å². The Labute approximate surface area is 105 Å². The fourth-order valence-electron chi connectivity index (χ4n) is 2.04. The minimum Gasteiger partial charge on any atom is -0.384 e. The lowest BCUT2D eigenvalue weighted by molar-refractivity contribution is 0.677. The number of anilines is 1. The van der Waals surface area contributed by atoms with E-state index in [1.807, 2.05) is 37.3 Å². The van der Waals surface area contributed by atoms with Crippen molar-refractivity contribution in [2.75, 3.05) is 5.73 Å². The largest absolute Gasteiger partial charge is 0.384 e. The van der Waals surface area contributed by atoms with E-state index >= 15 is 0 Å². The first-order valence-electron chi connectivity index (χ1n) is 5.87. The second-order valence-corrected chi connectivity index (χ2v) is 4.36. The highest BCUT2D eigenvalue weighted by Crippen LogP contribution is 2.14. The topological polar surface area (TPSA) is 56.7 Å². The van der Waals surface area contributed by atoms with Crippen LogP contribution in [0.4, 0.5) is 5.82 Å². The van der Waals surface area contributed by atoms with Crippen LogP contribution in [0.1, 0.15) is 11.4 Å². The number of pyridine rings is 1. The van der Waals surface area contributed by atoms with Crippen LogP contribution in [0, 0.1) is 6.92 Å². The predicted octanol–water partition coefficient (Wildman–Crippen LogP) is 2.37. The molecule has 0 saturated heterocycles. The molecule has 0 spiro atoms.